The lowest BCUT2D eigenvalue weighted by Crippen LogP contribution is -2.65. The number of hydrogen-bond acceptors (Lipinski definition) is 5. The van der Waals surface area contributed by atoms with Crippen LogP contribution in [0.15, 0.2) is 36.9 Å². The summed E-state index contributed by atoms with van der Waals surface area (Å²) < 4.78 is 14.2. The Morgan fingerprint density at radius 2 is 2.24 bits per heavy atom. The lowest BCUT2D eigenvalue weighted by molar-refractivity contribution is -0.188. The molecule has 0 amide bonds. The van der Waals surface area contributed by atoms with Crippen molar-refractivity contribution < 1.29 is 9.47 Å². The maximum Gasteiger partial charge on any atom is 0.138 e. The molecule has 2 saturated heterocycles. The molecule has 4 heterocycles. The van der Waals surface area contributed by atoms with Crippen molar-refractivity contribution in [2.75, 3.05) is 19.7 Å². The van der Waals surface area contributed by atoms with Gasteiger partial charge in [-0.3, -0.25) is 14.6 Å². The van der Waals surface area contributed by atoms with Crippen LogP contribution < -0.4 is 4.74 Å². The van der Waals surface area contributed by atoms with Gasteiger partial charge in [0, 0.05) is 56.5 Å². The van der Waals surface area contributed by atoms with Gasteiger partial charge in [0.15, 0.2) is 0 Å². The van der Waals surface area contributed by atoms with Crippen molar-refractivity contribution in [2.24, 2.45) is 0 Å². The topological polar surface area (TPSA) is 52.4 Å². The van der Waals surface area contributed by atoms with E-state index in [1.54, 1.807) is 12.4 Å². The number of hydrogen-bond donors (Lipinski definition) is 0. The summed E-state index contributed by atoms with van der Waals surface area (Å²) in [4.78, 5) is 6.55. The molecule has 1 spiro atoms. The quantitative estimate of drug-likeness (QED) is 0.836. The molecule has 0 aromatic carbocycles. The zero-order valence-corrected chi connectivity index (χ0v) is 15.0. The molecule has 0 unspecified atom stereocenters. The molecular weight excluding hydrogens is 316 g/mol. The van der Waals surface area contributed by atoms with Crippen molar-refractivity contribution in [3.63, 3.8) is 0 Å². The lowest BCUT2D eigenvalue weighted by atomic mass is 9.84. The van der Waals surface area contributed by atoms with Gasteiger partial charge in [-0.25, -0.2) is 0 Å². The molecule has 2 aliphatic heterocycles. The summed E-state index contributed by atoms with van der Waals surface area (Å²) in [6, 6.07) is 4.28. The summed E-state index contributed by atoms with van der Waals surface area (Å²) in [6.07, 6.45) is 9.77. The van der Waals surface area contributed by atoms with Gasteiger partial charge in [0.05, 0.1) is 24.6 Å². The number of aromatic nitrogens is 3. The van der Waals surface area contributed by atoms with Crippen LogP contribution >= 0.6 is 0 Å². The minimum absolute atomic E-state index is 0.0425. The predicted octanol–water partition coefficient (Wildman–Crippen LogP) is 2.67. The summed E-state index contributed by atoms with van der Waals surface area (Å²) >= 11 is 0. The Hall–Kier alpha value is -1.92. The van der Waals surface area contributed by atoms with Crippen LogP contribution in [-0.2, 0) is 11.3 Å². The Labute approximate surface area is 148 Å². The van der Waals surface area contributed by atoms with Crippen LogP contribution in [0, 0.1) is 0 Å². The van der Waals surface area contributed by atoms with Crippen molar-refractivity contribution >= 4 is 0 Å². The molecule has 4 rings (SSSR count). The Kier molecular flexibility index (Phi) is 4.48. The van der Waals surface area contributed by atoms with Gasteiger partial charge in [-0.2, -0.15) is 5.10 Å². The summed E-state index contributed by atoms with van der Waals surface area (Å²) in [5, 5.41) is 4.42. The molecule has 0 radical (unpaired) electrons. The normalized spacial score (nSPS) is 22.9. The van der Waals surface area contributed by atoms with E-state index >= 15 is 0 Å². The Morgan fingerprint density at radius 3 is 2.96 bits per heavy atom. The van der Waals surface area contributed by atoms with Crippen molar-refractivity contribution in [2.45, 2.75) is 51.0 Å². The molecular formula is C19H26N4O2. The first-order chi connectivity index (χ1) is 12.1. The van der Waals surface area contributed by atoms with E-state index in [-0.39, 0.29) is 11.7 Å². The average molecular weight is 342 g/mol. The molecule has 0 bridgehead atoms. The highest BCUT2D eigenvalue weighted by Crippen LogP contribution is 2.36. The number of likely N-dealkylation sites (tertiary alicyclic amines) is 1. The molecule has 6 nitrogen and oxygen atoms in total. The second-order valence-electron chi connectivity index (χ2n) is 7.52. The minimum Gasteiger partial charge on any atom is -0.489 e. The van der Waals surface area contributed by atoms with E-state index in [0.29, 0.717) is 6.04 Å². The molecule has 134 valence electrons. The smallest absolute Gasteiger partial charge is 0.138 e. The minimum atomic E-state index is -0.0425. The van der Waals surface area contributed by atoms with Crippen molar-refractivity contribution in [3.8, 4) is 5.75 Å². The van der Waals surface area contributed by atoms with Gasteiger partial charge in [0.1, 0.15) is 11.9 Å². The van der Waals surface area contributed by atoms with Crippen molar-refractivity contribution in [1.82, 2.24) is 19.7 Å². The highest BCUT2D eigenvalue weighted by atomic mass is 16.5. The molecule has 2 aliphatic rings. The SMILES string of the molecule is CC(C)n1cc(CN2CC3(C[C@H](Oc4cccnc4)CCO3)C2)cn1. The first kappa shape index (κ1) is 16.5. The Morgan fingerprint density at radius 1 is 1.36 bits per heavy atom. The van der Waals surface area contributed by atoms with Crippen LogP contribution in [0.25, 0.3) is 0 Å². The van der Waals surface area contributed by atoms with Crippen LogP contribution in [0.1, 0.15) is 38.3 Å². The molecule has 0 aliphatic carbocycles. The first-order valence-electron chi connectivity index (χ1n) is 9.08. The van der Waals surface area contributed by atoms with Crippen LogP contribution in [0.4, 0.5) is 0 Å². The van der Waals surface area contributed by atoms with E-state index in [4.69, 9.17) is 9.47 Å². The molecule has 6 heteroatoms. The van der Waals surface area contributed by atoms with Gasteiger partial charge in [0.2, 0.25) is 0 Å². The number of nitrogens with zero attached hydrogens (tertiary/aromatic N) is 4. The van der Waals surface area contributed by atoms with Gasteiger partial charge >= 0.3 is 0 Å². The zero-order valence-electron chi connectivity index (χ0n) is 15.0. The Bertz CT molecular complexity index is 694. The third-order valence-corrected chi connectivity index (χ3v) is 5.00. The van der Waals surface area contributed by atoms with Crippen LogP contribution in [-0.4, -0.2) is 51.1 Å². The Balaban J connectivity index is 1.30. The van der Waals surface area contributed by atoms with Crippen LogP contribution in [0.3, 0.4) is 0 Å². The third-order valence-electron chi connectivity index (χ3n) is 5.00. The fourth-order valence-electron chi connectivity index (χ4n) is 3.79. The fourth-order valence-corrected chi connectivity index (χ4v) is 3.79. The predicted molar refractivity (Wildman–Crippen MR) is 94.5 cm³/mol. The molecule has 25 heavy (non-hydrogen) atoms. The van der Waals surface area contributed by atoms with Gasteiger partial charge in [-0.15, -0.1) is 0 Å². The van der Waals surface area contributed by atoms with Gasteiger partial charge < -0.3 is 9.47 Å². The maximum absolute atomic E-state index is 6.12. The molecule has 1 atom stereocenters. The summed E-state index contributed by atoms with van der Waals surface area (Å²) in [5.41, 5.74) is 1.22. The van der Waals surface area contributed by atoms with E-state index < -0.39 is 0 Å². The summed E-state index contributed by atoms with van der Waals surface area (Å²) in [5.74, 6) is 0.849. The van der Waals surface area contributed by atoms with Gasteiger partial charge in [0.25, 0.3) is 0 Å². The number of pyridine rings is 1. The van der Waals surface area contributed by atoms with E-state index in [0.717, 1.165) is 44.8 Å². The second kappa shape index (κ2) is 6.77. The van der Waals surface area contributed by atoms with Crippen LogP contribution in [0.2, 0.25) is 0 Å². The van der Waals surface area contributed by atoms with E-state index in [2.05, 4.69) is 35.0 Å². The van der Waals surface area contributed by atoms with Gasteiger partial charge in [-0.1, -0.05) is 0 Å². The standard InChI is InChI=1S/C19H26N4O2/c1-15(2)23-12-16(9-21-23)11-22-13-19(14-22)8-17(5-7-24-19)25-18-4-3-6-20-10-18/h3-4,6,9-10,12,15,17H,5,7-8,11,13-14H2,1-2H3/t17-/m1/s1. The van der Waals surface area contributed by atoms with E-state index in [9.17, 15) is 0 Å². The lowest BCUT2D eigenvalue weighted by Gasteiger charge is -2.53. The van der Waals surface area contributed by atoms with E-state index in [1.807, 2.05) is 23.0 Å². The molecule has 0 saturated carbocycles. The largest absolute Gasteiger partial charge is 0.489 e. The highest BCUT2D eigenvalue weighted by Gasteiger charge is 2.48. The first-order valence-corrected chi connectivity index (χ1v) is 9.08. The summed E-state index contributed by atoms with van der Waals surface area (Å²) in [6.45, 7) is 7.93. The highest BCUT2D eigenvalue weighted by molar-refractivity contribution is 5.16. The number of rotatable bonds is 5. The zero-order chi connectivity index (χ0) is 17.3. The maximum atomic E-state index is 6.12. The van der Waals surface area contributed by atoms with Gasteiger partial charge in [-0.05, 0) is 26.0 Å². The van der Waals surface area contributed by atoms with Crippen molar-refractivity contribution in [3.05, 3.63) is 42.5 Å². The molecule has 2 aromatic rings. The monoisotopic (exact) mass is 342 g/mol. The molecule has 2 aromatic heterocycles. The van der Waals surface area contributed by atoms with Crippen molar-refractivity contribution in [1.29, 1.82) is 0 Å². The summed E-state index contributed by atoms with van der Waals surface area (Å²) in [7, 11) is 0. The third kappa shape index (κ3) is 3.70. The van der Waals surface area contributed by atoms with Crippen LogP contribution in [0.5, 0.6) is 5.75 Å². The molecule has 0 N–H and O–H groups in total. The van der Waals surface area contributed by atoms with E-state index in [1.165, 1.54) is 5.56 Å². The second-order valence-corrected chi connectivity index (χ2v) is 7.52. The average Bonchev–Trinajstić information content (AvgIpc) is 3.04. The number of ether oxygens (including phenoxy) is 2. The molecule has 2 fully saturated rings. The fraction of sp³-hybridized carbons (Fsp3) is 0.579.